The van der Waals surface area contributed by atoms with Crippen LogP contribution in [0.3, 0.4) is 0 Å². The minimum Gasteiger partial charge on any atom is -0.411 e. The van der Waals surface area contributed by atoms with Gasteiger partial charge in [-0.25, -0.2) is 0 Å². The second-order valence-corrected chi connectivity index (χ2v) is 2.85. The standard InChI is InChI=1S/C6H11NO2/c1-6(2,3)5(4-8)7-9/h4,9H,1-3H3/b7-5-. The van der Waals surface area contributed by atoms with E-state index in [4.69, 9.17) is 5.21 Å². The minimum atomic E-state index is -0.351. The Labute approximate surface area is 54.4 Å². The van der Waals surface area contributed by atoms with Crippen molar-refractivity contribution in [2.45, 2.75) is 20.8 Å². The highest BCUT2D eigenvalue weighted by Crippen LogP contribution is 2.13. The van der Waals surface area contributed by atoms with Crippen molar-refractivity contribution >= 4 is 12.0 Å². The molecule has 0 unspecified atom stereocenters. The highest BCUT2D eigenvalue weighted by molar-refractivity contribution is 6.30. The van der Waals surface area contributed by atoms with Crippen LogP contribution in [0.5, 0.6) is 0 Å². The van der Waals surface area contributed by atoms with Gasteiger partial charge in [0.05, 0.1) is 0 Å². The third kappa shape index (κ3) is 2.26. The Morgan fingerprint density at radius 3 is 2.00 bits per heavy atom. The molecule has 0 aliphatic carbocycles. The third-order valence-corrected chi connectivity index (χ3v) is 0.988. The van der Waals surface area contributed by atoms with Crippen molar-refractivity contribution in [3.05, 3.63) is 0 Å². The summed E-state index contributed by atoms with van der Waals surface area (Å²) < 4.78 is 0. The van der Waals surface area contributed by atoms with E-state index in [1.165, 1.54) is 0 Å². The first-order chi connectivity index (χ1) is 4.02. The molecule has 3 nitrogen and oxygen atoms in total. The molecule has 0 atom stereocenters. The summed E-state index contributed by atoms with van der Waals surface area (Å²) in [6.45, 7) is 5.41. The molecule has 0 spiro atoms. The lowest BCUT2D eigenvalue weighted by atomic mass is 9.91. The molecule has 0 aromatic heterocycles. The third-order valence-electron chi connectivity index (χ3n) is 0.988. The molecule has 0 aliphatic heterocycles. The summed E-state index contributed by atoms with van der Waals surface area (Å²) in [5, 5.41) is 11.0. The van der Waals surface area contributed by atoms with E-state index < -0.39 is 0 Å². The predicted octanol–water partition coefficient (Wildman–Crippen LogP) is 1.06. The molecule has 0 saturated carbocycles. The fourth-order valence-corrected chi connectivity index (χ4v) is 0.350. The monoisotopic (exact) mass is 129 g/mol. The molecule has 0 bridgehead atoms. The van der Waals surface area contributed by atoms with E-state index in [2.05, 4.69) is 5.16 Å². The summed E-state index contributed by atoms with van der Waals surface area (Å²) in [6, 6.07) is 0. The molecular weight excluding hydrogens is 118 g/mol. The van der Waals surface area contributed by atoms with Gasteiger partial charge in [-0.2, -0.15) is 0 Å². The largest absolute Gasteiger partial charge is 0.411 e. The van der Waals surface area contributed by atoms with E-state index in [1.807, 2.05) is 0 Å². The quantitative estimate of drug-likeness (QED) is 0.249. The summed E-state index contributed by atoms with van der Waals surface area (Å²) >= 11 is 0. The van der Waals surface area contributed by atoms with E-state index in [0.29, 0.717) is 6.29 Å². The molecule has 0 rings (SSSR count). The van der Waals surface area contributed by atoms with Crippen LogP contribution in [-0.2, 0) is 4.79 Å². The van der Waals surface area contributed by atoms with Gasteiger partial charge in [0.1, 0.15) is 5.71 Å². The van der Waals surface area contributed by atoms with Gasteiger partial charge in [0.25, 0.3) is 0 Å². The average molecular weight is 129 g/mol. The Morgan fingerprint density at radius 2 is 2.00 bits per heavy atom. The van der Waals surface area contributed by atoms with Gasteiger partial charge in [-0.3, -0.25) is 4.79 Å². The first kappa shape index (κ1) is 8.14. The zero-order valence-corrected chi connectivity index (χ0v) is 5.88. The van der Waals surface area contributed by atoms with Gasteiger partial charge < -0.3 is 5.21 Å². The van der Waals surface area contributed by atoms with E-state index in [1.54, 1.807) is 20.8 Å². The number of carbonyl (C=O) groups excluding carboxylic acids is 1. The van der Waals surface area contributed by atoms with Crippen molar-refractivity contribution in [3.63, 3.8) is 0 Å². The van der Waals surface area contributed by atoms with Gasteiger partial charge in [-0.1, -0.05) is 25.9 Å². The van der Waals surface area contributed by atoms with Crippen molar-refractivity contribution in [2.24, 2.45) is 10.6 Å². The van der Waals surface area contributed by atoms with E-state index in [0.717, 1.165) is 0 Å². The summed E-state index contributed by atoms with van der Waals surface area (Å²) in [5.74, 6) is 0. The molecule has 3 heteroatoms. The lowest BCUT2D eigenvalue weighted by molar-refractivity contribution is -0.103. The summed E-state index contributed by atoms with van der Waals surface area (Å²) in [4.78, 5) is 10.1. The van der Waals surface area contributed by atoms with E-state index in [9.17, 15) is 4.79 Å². The summed E-state index contributed by atoms with van der Waals surface area (Å²) in [7, 11) is 0. The molecule has 0 fully saturated rings. The van der Waals surface area contributed by atoms with Gasteiger partial charge in [0.2, 0.25) is 0 Å². The van der Waals surface area contributed by atoms with Crippen LogP contribution in [0.25, 0.3) is 0 Å². The normalized spacial score (nSPS) is 13.4. The zero-order chi connectivity index (χ0) is 7.49. The van der Waals surface area contributed by atoms with Crippen LogP contribution in [0, 0.1) is 5.41 Å². The second kappa shape index (κ2) is 2.62. The predicted molar refractivity (Wildman–Crippen MR) is 34.7 cm³/mol. The van der Waals surface area contributed by atoms with Crippen molar-refractivity contribution in [1.82, 2.24) is 0 Å². The lowest BCUT2D eigenvalue weighted by Crippen LogP contribution is -2.21. The number of oxime groups is 1. The average Bonchev–Trinajstić information content (AvgIpc) is 1.65. The number of rotatable bonds is 1. The van der Waals surface area contributed by atoms with Gasteiger partial charge in [0.15, 0.2) is 6.29 Å². The number of aldehydes is 1. The van der Waals surface area contributed by atoms with Crippen LogP contribution in [0.1, 0.15) is 20.8 Å². The van der Waals surface area contributed by atoms with Gasteiger partial charge in [-0.15, -0.1) is 0 Å². The van der Waals surface area contributed by atoms with Crippen LogP contribution >= 0.6 is 0 Å². The van der Waals surface area contributed by atoms with Gasteiger partial charge in [0, 0.05) is 5.41 Å². The number of nitrogens with zero attached hydrogens (tertiary/aromatic N) is 1. The summed E-state index contributed by atoms with van der Waals surface area (Å²) in [5.41, 5.74) is -0.182. The first-order valence-corrected chi connectivity index (χ1v) is 2.70. The SMILES string of the molecule is CC(C)(C)/C(C=O)=N\O. The van der Waals surface area contributed by atoms with Crippen LogP contribution in [0.15, 0.2) is 5.16 Å². The highest BCUT2D eigenvalue weighted by Gasteiger charge is 2.18. The molecule has 0 aromatic rings. The Bertz CT molecular complexity index is 132. The maximum absolute atomic E-state index is 10.1. The van der Waals surface area contributed by atoms with Crippen molar-refractivity contribution in [2.75, 3.05) is 0 Å². The van der Waals surface area contributed by atoms with Crippen LogP contribution in [0.2, 0.25) is 0 Å². The first-order valence-electron chi connectivity index (χ1n) is 2.70. The Balaban J connectivity index is 4.32. The number of hydrogen-bond donors (Lipinski definition) is 1. The molecule has 0 aliphatic rings. The molecule has 0 saturated heterocycles. The van der Waals surface area contributed by atoms with E-state index in [-0.39, 0.29) is 11.1 Å². The molecule has 0 radical (unpaired) electrons. The van der Waals surface area contributed by atoms with Crippen LogP contribution < -0.4 is 0 Å². The van der Waals surface area contributed by atoms with Crippen molar-refractivity contribution < 1.29 is 10.0 Å². The Kier molecular flexibility index (Phi) is 2.37. The molecule has 0 aromatic carbocycles. The van der Waals surface area contributed by atoms with Crippen molar-refractivity contribution in [1.29, 1.82) is 0 Å². The van der Waals surface area contributed by atoms with E-state index >= 15 is 0 Å². The van der Waals surface area contributed by atoms with Crippen molar-refractivity contribution in [3.8, 4) is 0 Å². The Hall–Kier alpha value is -0.860. The molecular formula is C6H11NO2. The molecule has 52 valence electrons. The highest BCUT2D eigenvalue weighted by atomic mass is 16.4. The molecule has 0 heterocycles. The fraction of sp³-hybridized carbons (Fsp3) is 0.667. The molecule has 9 heavy (non-hydrogen) atoms. The second-order valence-electron chi connectivity index (χ2n) is 2.85. The zero-order valence-electron chi connectivity index (χ0n) is 5.88. The number of carbonyl (C=O) groups is 1. The van der Waals surface area contributed by atoms with Gasteiger partial charge >= 0.3 is 0 Å². The molecule has 1 N–H and O–H groups in total. The van der Waals surface area contributed by atoms with Crippen LogP contribution in [0.4, 0.5) is 0 Å². The maximum Gasteiger partial charge on any atom is 0.168 e. The lowest BCUT2D eigenvalue weighted by Gasteiger charge is -2.13. The Morgan fingerprint density at radius 1 is 1.56 bits per heavy atom. The minimum absolute atomic E-state index is 0.169. The molecule has 0 amide bonds. The number of hydrogen-bond acceptors (Lipinski definition) is 3. The van der Waals surface area contributed by atoms with Gasteiger partial charge in [-0.05, 0) is 0 Å². The van der Waals surface area contributed by atoms with Crippen LogP contribution in [-0.4, -0.2) is 17.2 Å². The maximum atomic E-state index is 10.1. The smallest absolute Gasteiger partial charge is 0.168 e. The summed E-state index contributed by atoms with van der Waals surface area (Å²) in [6.07, 6.45) is 0.556. The topological polar surface area (TPSA) is 49.7 Å². The fourth-order valence-electron chi connectivity index (χ4n) is 0.350.